The Morgan fingerprint density at radius 1 is 0.750 bits per heavy atom. The summed E-state index contributed by atoms with van der Waals surface area (Å²) >= 11 is 0. The van der Waals surface area contributed by atoms with Crippen molar-refractivity contribution < 1.29 is 14.3 Å². The summed E-state index contributed by atoms with van der Waals surface area (Å²) in [5.41, 5.74) is 0. The van der Waals surface area contributed by atoms with Gasteiger partial charge < -0.3 is 14.4 Å². The van der Waals surface area contributed by atoms with Crippen LogP contribution in [-0.4, -0.2) is 50.3 Å². The molecule has 0 aliphatic heterocycles. The van der Waals surface area contributed by atoms with E-state index >= 15 is 0 Å². The summed E-state index contributed by atoms with van der Waals surface area (Å²) in [6.45, 7) is 11.2. The first kappa shape index (κ1) is 23.4. The zero-order chi connectivity index (χ0) is 17.9. The molecule has 0 saturated heterocycles. The van der Waals surface area contributed by atoms with Crippen LogP contribution in [0.3, 0.4) is 0 Å². The highest BCUT2D eigenvalue weighted by Gasteiger charge is 2.03. The molecule has 0 aromatic carbocycles. The minimum absolute atomic E-state index is 0.0784. The molecule has 24 heavy (non-hydrogen) atoms. The van der Waals surface area contributed by atoms with Crippen molar-refractivity contribution in [3.63, 3.8) is 0 Å². The molecule has 0 heterocycles. The Hall–Kier alpha value is -0.610. The molecular formula is C20H41NO3. The molecule has 144 valence electrons. The average Bonchev–Trinajstić information content (AvgIpc) is 2.59. The van der Waals surface area contributed by atoms with Gasteiger partial charge in [-0.3, -0.25) is 4.79 Å². The second kappa shape index (κ2) is 18.7. The molecule has 0 amide bonds. The largest absolute Gasteiger partial charge is 0.463 e. The fourth-order valence-electron chi connectivity index (χ4n) is 2.70. The Balaban J connectivity index is 3.24. The summed E-state index contributed by atoms with van der Waals surface area (Å²) in [7, 11) is 0. The third-order valence-electron chi connectivity index (χ3n) is 4.42. The van der Waals surface area contributed by atoms with Crippen molar-refractivity contribution in [3.05, 3.63) is 0 Å². The number of likely N-dealkylation sites (N-methyl/N-ethyl adjacent to an activating group) is 1. The van der Waals surface area contributed by atoms with Crippen LogP contribution in [0, 0.1) is 0 Å². The number of ether oxygens (including phenoxy) is 2. The van der Waals surface area contributed by atoms with Crippen LogP contribution in [-0.2, 0) is 14.3 Å². The predicted octanol–water partition coefficient (Wildman–Crippen LogP) is 4.81. The lowest BCUT2D eigenvalue weighted by molar-refractivity contribution is -0.145. The highest BCUT2D eigenvalue weighted by molar-refractivity contribution is 5.69. The number of carbonyl (C=O) groups is 1. The summed E-state index contributed by atoms with van der Waals surface area (Å²) in [6, 6.07) is 0. The summed E-state index contributed by atoms with van der Waals surface area (Å²) in [5, 5.41) is 0. The van der Waals surface area contributed by atoms with E-state index in [4.69, 9.17) is 9.47 Å². The summed E-state index contributed by atoms with van der Waals surface area (Å²) < 4.78 is 10.7. The Morgan fingerprint density at radius 3 is 1.92 bits per heavy atom. The fourth-order valence-corrected chi connectivity index (χ4v) is 2.70. The van der Waals surface area contributed by atoms with Crippen LogP contribution < -0.4 is 0 Å². The lowest BCUT2D eigenvalue weighted by atomic mass is 10.1. The highest BCUT2D eigenvalue weighted by atomic mass is 16.6. The quantitative estimate of drug-likeness (QED) is 0.264. The van der Waals surface area contributed by atoms with Gasteiger partial charge in [0.05, 0.1) is 13.2 Å². The number of carbonyl (C=O) groups excluding carboxylic acids is 1. The minimum Gasteiger partial charge on any atom is -0.463 e. The van der Waals surface area contributed by atoms with Crippen LogP contribution in [0.1, 0.15) is 85.0 Å². The summed E-state index contributed by atoms with van der Waals surface area (Å²) in [5.74, 6) is -0.0784. The predicted molar refractivity (Wildman–Crippen MR) is 101 cm³/mol. The van der Waals surface area contributed by atoms with E-state index in [0.717, 1.165) is 32.5 Å². The maximum atomic E-state index is 11.6. The SMILES string of the molecule is CCCCCCCCCCCC(=O)OCCOCCN(CC)CC. The van der Waals surface area contributed by atoms with E-state index < -0.39 is 0 Å². The number of hydrogen-bond acceptors (Lipinski definition) is 4. The van der Waals surface area contributed by atoms with Gasteiger partial charge in [0.1, 0.15) is 6.61 Å². The highest BCUT2D eigenvalue weighted by Crippen LogP contribution is 2.10. The molecule has 0 saturated carbocycles. The smallest absolute Gasteiger partial charge is 0.305 e. The molecular weight excluding hydrogens is 302 g/mol. The molecule has 0 radical (unpaired) electrons. The van der Waals surface area contributed by atoms with Crippen molar-refractivity contribution in [3.8, 4) is 0 Å². The molecule has 0 bridgehead atoms. The minimum atomic E-state index is -0.0784. The molecule has 0 aliphatic carbocycles. The van der Waals surface area contributed by atoms with Gasteiger partial charge in [0, 0.05) is 13.0 Å². The van der Waals surface area contributed by atoms with E-state index in [2.05, 4.69) is 25.7 Å². The van der Waals surface area contributed by atoms with Crippen molar-refractivity contribution in [2.45, 2.75) is 85.0 Å². The van der Waals surface area contributed by atoms with Crippen LogP contribution in [0.4, 0.5) is 0 Å². The van der Waals surface area contributed by atoms with Gasteiger partial charge in [-0.25, -0.2) is 0 Å². The van der Waals surface area contributed by atoms with Gasteiger partial charge in [-0.2, -0.15) is 0 Å². The maximum absolute atomic E-state index is 11.6. The lowest BCUT2D eigenvalue weighted by Crippen LogP contribution is -2.27. The molecule has 0 rings (SSSR count). The molecule has 0 spiro atoms. The number of nitrogens with zero attached hydrogens (tertiary/aromatic N) is 1. The zero-order valence-electron chi connectivity index (χ0n) is 16.5. The van der Waals surface area contributed by atoms with E-state index in [1.54, 1.807) is 0 Å². The van der Waals surface area contributed by atoms with E-state index in [1.807, 2.05) is 0 Å². The second-order valence-electron chi connectivity index (χ2n) is 6.44. The van der Waals surface area contributed by atoms with E-state index in [1.165, 1.54) is 44.9 Å². The Morgan fingerprint density at radius 2 is 1.33 bits per heavy atom. The van der Waals surface area contributed by atoms with Crippen LogP contribution >= 0.6 is 0 Å². The van der Waals surface area contributed by atoms with Crippen LogP contribution in [0.5, 0.6) is 0 Å². The molecule has 4 heteroatoms. The van der Waals surface area contributed by atoms with Crippen LogP contribution in [0.2, 0.25) is 0 Å². The van der Waals surface area contributed by atoms with Crippen LogP contribution in [0.15, 0.2) is 0 Å². The topological polar surface area (TPSA) is 38.8 Å². The molecule has 0 unspecified atom stereocenters. The third-order valence-corrected chi connectivity index (χ3v) is 4.42. The van der Waals surface area contributed by atoms with E-state index in [9.17, 15) is 4.79 Å². The average molecular weight is 344 g/mol. The van der Waals surface area contributed by atoms with Gasteiger partial charge in [-0.1, -0.05) is 72.1 Å². The standard InChI is InChI=1S/C20H41NO3/c1-4-7-8-9-10-11-12-13-14-15-20(22)24-19-18-23-17-16-21(5-2)6-3/h4-19H2,1-3H3. The van der Waals surface area contributed by atoms with Crippen molar-refractivity contribution in [1.82, 2.24) is 4.90 Å². The molecule has 0 aromatic heterocycles. The first-order chi connectivity index (χ1) is 11.7. The van der Waals surface area contributed by atoms with Crippen LogP contribution in [0.25, 0.3) is 0 Å². The monoisotopic (exact) mass is 343 g/mol. The van der Waals surface area contributed by atoms with Gasteiger partial charge >= 0.3 is 5.97 Å². The van der Waals surface area contributed by atoms with Crippen molar-refractivity contribution in [1.29, 1.82) is 0 Å². The van der Waals surface area contributed by atoms with Gasteiger partial charge in [-0.15, -0.1) is 0 Å². The Kier molecular flexibility index (Phi) is 18.2. The lowest BCUT2D eigenvalue weighted by Gasteiger charge is -2.17. The summed E-state index contributed by atoms with van der Waals surface area (Å²) in [6.07, 6.45) is 12.0. The maximum Gasteiger partial charge on any atom is 0.305 e. The van der Waals surface area contributed by atoms with Gasteiger partial charge in [0.25, 0.3) is 0 Å². The summed E-state index contributed by atoms with van der Waals surface area (Å²) in [4.78, 5) is 13.9. The van der Waals surface area contributed by atoms with Crippen molar-refractivity contribution in [2.75, 3.05) is 39.5 Å². The van der Waals surface area contributed by atoms with E-state index in [0.29, 0.717) is 26.2 Å². The number of esters is 1. The number of unbranched alkanes of at least 4 members (excludes halogenated alkanes) is 8. The molecule has 0 fully saturated rings. The van der Waals surface area contributed by atoms with Gasteiger partial charge in [-0.05, 0) is 19.5 Å². The first-order valence-electron chi connectivity index (χ1n) is 10.2. The Labute approximate surface area is 150 Å². The van der Waals surface area contributed by atoms with Crippen molar-refractivity contribution >= 4 is 5.97 Å². The third kappa shape index (κ3) is 16.3. The molecule has 0 N–H and O–H groups in total. The molecule has 4 nitrogen and oxygen atoms in total. The zero-order valence-corrected chi connectivity index (χ0v) is 16.5. The number of rotatable bonds is 18. The Bertz CT molecular complexity index is 268. The first-order valence-corrected chi connectivity index (χ1v) is 10.2. The fraction of sp³-hybridized carbons (Fsp3) is 0.950. The van der Waals surface area contributed by atoms with Gasteiger partial charge in [0.2, 0.25) is 0 Å². The second-order valence-corrected chi connectivity index (χ2v) is 6.44. The van der Waals surface area contributed by atoms with E-state index in [-0.39, 0.29) is 5.97 Å². The molecule has 0 aromatic rings. The normalized spacial score (nSPS) is 11.2. The molecule has 0 aliphatic rings. The number of hydrogen-bond donors (Lipinski definition) is 0. The van der Waals surface area contributed by atoms with Crippen molar-refractivity contribution in [2.24, 2.45) is 0 Å². The van der Waals surface area contributed by atoms with Gasteiger partial charge in [0.15, 0.2) is 0 Å². The molecule has 0 atom stereocenters.